The van der Waals surface area contributed by atoms with Crippen molar-refractivity contribution in [1.82, 2.24) is 4.31 Å². The number of halogens is 1. The van der Waals surface area contributed by atoms with Gasteiger partial charge in [0.05, 0.1) is 15.6 Å². The van der Waals surface area contributed by atoms with Gasteiger partial charge in [0.1, 0.15) is 0 Å². The Bertz CT molecular complexity index is 954. The first-order valence-electron chi connectivity index (χ1n) is 8.82. The van der Waals surface area contributed by atoms with E-state index in [4.69, 9.17) is 11.6 Å². The first-order valence-corrected chi connectivity index (χ1v) is 10.6. The molecule has 0 aromatic heterocycles. The van der Waals surface area contributed by atoms with Crippen LogP contribution in [0, 0.1) is 13.8 Å². The summed E-state index contributed by atoms with van der Waals surface area (Å²) >= 11 is 6.13. The van der Waals surface area contributed by atoms with Gasteiger partial charge in [-0.05, 0) is 55.3 Å². The molecule has 0 atom stereocenters. The Morgan fingerprint density at radius 1 is 1.04 bits per heavy atom. The fourth-order valence-electron chi connectivity index (χ4n) is 2.75. The molecule has 0 saturated heterocycles. The van der Waals surface area contributed by atoms with Crippen molar-refractivity contribution in [1.29, 1.82) is 0 Å². The van der Waals surface area contributed by atoms with Crippen molar-refractivity contribution in [3.05, 3.63) is 52.5 Å². The Labute approximate surface area is 172 Å². The van der Waals surface area contributed by atoms with Crippen LogP contribution in [0.1, 0.15) is 17.5 Å². The summed E-state index contributed by atoms with van der Waals surface area (Å²) in [6.45, 7) is 4.59. The van der Waals surface area contributed by atoms with E-state index in [2.05, 4.69) is 23.5 Å². The highest BCUT2D eigenvalue weighted by molar-refractivity contribution is 7.89. The molecule has 0 aliphatic carbocycles. The highest BCUT2D eigenvalue weighted by atomic mass is 35.5. The number of amides is 1. The van der Waals surface area contributed by atoms with E-state index in [0.29, 0.717) is 6.54 Å². The third-order valence-electron chi connectivity index (χ3n) is 4.31. The summed E-state index contributed by atoms with van der Waals surface area (Å²) in [5, 5.41) is 3.00. The van der Waals surface area contributed by atoms with Crippen molar-refractivity contribution < 1.29 is 13.2 Å². The van der Waals surface area contributed by atoms with Crippen molar-refractivity contribution >= 4 is 38.9 Å². The smallest absolute Gasteiger partial charge is 0.242 e. The third-order valence-corrected chi connectivity index (χ3v) is 6.45. The van der Waals surface area contributed by atoms with Gasteiger partial charge in [0.25, 0.3) is 0 Å². The normalized spacial score (nSPS) is 11.5. The number of benzene rings is 2. The Hall–Kier alpha value is -2.09. The lowest BCUT2D eigenvalue weighted by Gasteiger charge is -2.20. The summed E-state index contributed by atoms with van der Waals surface area (Å²) < 4.78 is 25.7. The molecule has 0 aliphatic heterocycles. The van der Waals surface area contributed by atoms with Gasteiger partial charge in [-0.25, -0.2) is 12.7 Å². The monoisotopic (exact) mass is 423 g/mol. The maximum absolute atomic E-state index is 12.4. The number of anilines is 2. The molecular weight excluding hydrogens is 398 g/mol. The minimum atomic E-state index is -3.61. The van der Waals surface area contributed by atoms with Crippen molar-refractivity contribution in [2.24, 2.45) is 0 Å². The molecule has 0 spiro atoms. The van der Waals surface area contributed by atoms with Crippen LogP contribution in [0.15, 0.2) is 41.3 Å². The Morgan fingerprint density at radius 3 is 2.21 bits per heavy atom. The molecule has 2 aromatic carbocycles. The van der Waals surface area contributed by atoms with Crippen LogP contribution in [0.2, 0.25) is 5.02 Å². The predicted molar refractivity (Wildman–Crippen MR) is 115 cm³/mol. The van der Waals surface area contributed by atoms with Crippen molar-refractivity contribution in [3.8, 4) is 0 Å². The molecule has 8 heteroatoms. The second-order valence-corrected chi connectivity index (χ2v) is 9.55. The predicted octanol–water partition coefficient (Wildman–Crippen LogP) is 3.67. The van der Waals surface area contributed by atoms with E-state index in [1.54, 1.807) is 0 Å². The molecule has 2 aromatic rings. The zero-order valence-corrected chi connectivity index (χ0v) is 18.4. The molecule has 1 N–H and O–H groups in total. The lowest BCUT2D eigenvalue weighted by atomic mass is 10.1. The number of hydrogen-bond acceptors (Lipinski definition) is 4. The van der Waals surface area contributed by atoms with E-state index in [0.717, 1.165) is 21.1 Å². The molecular formula is C20H26ClN3O3S. The Morgan fingerprint density at radius 2 is 1.64 bits per heavy atom. The van der Waals surface area contributed by atoms with Crippen molar-refractivity contribution in [3.63, 3.8) is 0 Å². The number of nitrogens with zero attached hydrogens (tertiary/aromatic N) is 2. The summed E-state index contributed by atoms with van der Waals surface area (Å²) in [5.74, 6) is -0.238. The molecule has 0 saturated carbocycles. The Kier molecular flexibility index (Phi) is 7.09. The van der Waals surface area contributed by atoms with E-state index in [9.17, 15) is 13.2 Å². The van der Waals surface area contributed by atoms with Crippen LogP contribution in [0.4, 0.5) is 11.4 Å². The van der Waals surface area contributed by atoms with Crippen molar-refractivity contribution in [2.75, 3.05) is 37.9 Å². The molecule has 0 heterocycles. The van der Waals surface area contributed by atoms with Gasteiger partial charge in [-0.1, -0.05) is 17.7 Å². The van der Waals surface area contributed by atoms with E-state index < -0.39 is 10.0 Å². The molecule has 0 fully saturated rings. The molecule has 152 valence electrons. The van der Waals surface area contributed by atoms with Crippen LogP contribution in [0.25, 0.3) is 0 Å². The maximum Gasteiger partial charge on any atom is 0.242 e. The lowest BCUT2D eigenvalue weighted by Crippen LogP contribution is -2.24. The second-order valence-electron chi connectivity index (χ2n) is 6.99. The molecule has 1 amide bonds. The average molecular weight is 424 g/mol. The Balaban J connectivity index is 2.07. The molecule has 0 aliphatic rings. The van der Waals surface area contributed by atoms with Crippen LogP contribution < -0.4 is 10.2 Å². The van der Waals surface area contributed by atoms with E-state index in [1.165, 1.54) is 32.3 Å². The molecule has 0 bridgehead atoms. The van der Waals surface area contributed by atoms with E-state index in [-0.39, 0.29) is 27.9 Å². The van der Waals surface area contributed by atoms with Gasteiger partial charge in [0.2, 0.25) is 15.9 Å². The maximum atomic E-state index is 12.4. The molecule has 28 heavy (non-hydrogen) atoms. The van der Waals surface area contributed by atoms with Crippen LogP contribution in [0.5, 0.6) is 0 Å². The van der Waals surface area contributed by atoms with Gasteiger partial charge in [0, 0.05) is 39.8 Å². The SMILES string of the molecule is Cc1cc(C)cc(N(C)CCC(=O)Nc2cc(S(=O)(=O)N(C)C)ccc2Cl)c1. The fraction of sp³-hybridized carbons (Fsp3) is 0.350. The summed E-state index contributed by atoms with van der Waals surface area (Å²) in [6.07, 6.45) is 0.241. The van der Waals surface area contributed by atoms with Crippen LogP contribution >= 0.6 is 11.6 Å². The van der Waals surface area contributed by atoms with Gasteiger partial charge in [-0.15, -0.1) is 0 Å². The fourth-order valence-corrected chi connectivity index (χ4v) is 3.85. The quantitative estimate of drug-likeness (QED) is 0.737. The molecule has 0 unspecified atom stereocenters. The van der Waals surface area contributed by atoms with Gasteiger partial charge in [-0.3, -0.25) is 4.79 Å². The largest absolute Gasteiger partial charge is 0.374 e. The van der Waals surface area contributed by atoms with Gasteiger partial charge >= 0.3 is 0 Å². The number of carbonyl (C=O) groups is 1. The first kappa shape index (κ1) is 22.2. The minimum absolute atomic E-state index is 0.0737. The summed E-state index contributed by atoms with van der Waals surface area (Å²) in [7, 11) is 1.22. The second kappa shape index (κ2) is 8.94. The highest BCUT2D eigenvalue weighted by Crippen LogP contribution is 2.26. The zero-order valence-electron chi connectivity index (χ0n) is 16.8. The number of sulfonamides is 1. The van der Waals surface area contributed by atoms with Gasteiger partial charge < -0.3 is 10.2 Å². The number of nitrogens with one attached hydrogen (secondary N) is 1. The van der Waals surface area contributed by atoms with Gasteiger partial charge in [-0.2, -0.15) is 0 Å². The summed E-state index contributed by atoms with van der Waals surface area (Å²) in [6, 6.07) is 10.5. The summed E-state index contributed by atoms with van der Waals surface area (Å²) in [4.78, 5) is 14.5. The molecule has 2 rings (SSSR count). The van der Waals surface area contributed by atoms with Crippen LogP contribution in [0.3, 0.4) is 0 Å². The number of hydrogen-bond donors (Lipinski definition) is 1. The average Bonchev–Trinajstić information content (AvgIpc) is 2.60. The highest BCUT2D eigenvalue weighted by Gasteiger charge is 2.19. The molecule has 0 radical (unpaired) electrons. The number of rotatable bonds is 7. The standard InChI is InChI=1S/C20H26ClN3O3S/c1-14-10-15(2)12-16(11-14)24(5)9-8-20(25)22-19-13-17(6-7-18(19)21)28(26,27)23(3)4/h6-7,10-13H,8-9H2,1-5H3,(H,22,25). The van der Waals surface area contributed by atoms with Crippen LogP contribution in [-0.2, 0) is 14.8 Å². The number of carbonyl (C=O) groups excluding carboxylic acids is 1. The lowest BCUT2D eigenvalue weighted by molar-refractivity contribution is -0.116. The first-order chi connectivity index (χ1) is 13.0. The summed E-state index contributed by atoms with van der Waals surface area (Å²) in [5.41, 5.74) is 3.65. The molecule has 6 nitrogen and oxygen atoms in total. The minimum Gasteiger partial charge on any atom is -0.374 e. The topological polar surface area (TPSA) is 69.7 Å². The van der Waals surface area contributed by atoms with Gasteiger partial charge in [0.15, 0.2) is 0 Å². The third kappa shape index (κ3) is 5.47. The van der Waals surface area contributed by atoms with Crippen molar-refractivity contribution in [2.45, 2.75) is 25.2 Å². The zero-order chi connectivity index (χ0) is 21.1. The van der Waals surface area contributed by atoms with E-state index in [1.807, 2.05) is 25.8 Å². The number of aryl methyl sites for hydroxylation is 2. The van der Waals surface area contributed by atoms with Crippen LogP contribution in [-0.4, -0.2) is 46.3 Å². The van der Waals surface area contributed by atoms with E-state index >= 15 is 0 Å².